The lowest BCUT2D eigenvalue weighted by molar-refractivity contribution is 0.0872. The zero-order valence-corrected chi connectivity index (χ0v) is 14.9. The standard InChI is InChI=1S/C19H26N2OS/c1-18(2,16-5-3-10-20-13-16)21-11-9-19(14-21,15-22)8-7-17-6-4-12-23-17/h3-6,10,12-13,22H,7-9,11,14-15H2,1-2H3/t19-/m0/s1. The van der Waals surface area contributed by atoms with Crippen molar-refractivity contribution in [1.82, 2.24) is 9.88 Å². The Morgan fingerprint density at radius 1 is 1.35 bits per heavy atom. The van der Waals surface area contributed by atoms with Gasteiger partial charge in [-0.25, -0.2) is 0 Å². The van der Waals surface area contributed by atoms with Gasteiger partial charge in [-0.1, -0.05) is 12.1 Å². The van der Waals surface area contributed by atoms with Crippen LogP contribution >= 0.6 is 11.3 Å². The second kappa shape index (κ2) is 6.71. The van der Waals surface area contributed by atoms with Gasteiger partial charge in [0.25, 0.3) is 0 Å². The molecule has 1 aliphatic rings. The van der Waals surface area contributed by atoms with Crippen molar-refractivity contribution in [3.8, 4) is 0 Å². The number of hydrogen-bond donors (Lipinski definition) is 1. The Bertz CT molecular complexity index is 612. The first-order valence-corrected chi connectivity index (χ1v) is 9.23. The summed E-state index contributed by atoms with van der Waals surface area (Å²) in [5, 5.41) is 12.2. The second-order valence-corrected chi connectivity index (χ2v) is 8.24. The lowest BCUT2D eigenvalue weighted by Crippen LogP contribution is -2.42. The number of aryl methyl sites for hydroxylation is 1. The van der Waals surface area contributed by atoms with Gasteiger partial charge in [0, 0.05) is 41.4 Å². The lowest BCUT2D eigenvalue weighted by atomic mass is 9.82. The van der Waals surface area contributed by atoms with E-state index in [2.05, 4.69) is 47.3 Å². The molecule has 2 aromatic rings. The molecule has 0 unspecified atom stereocenters. The van der Waals surface area contributed by atoms with Crippen LogP contribution in [0.4, 0.5) is 0 Å². The van der Waals surface area contributed by atoms with E-state index in [9.17, 15) is 5.11 Å². The van der Waals surface area contributed by atoms with Gasteiger partial charge in [-0.05, 0) is 62.7 Å². The molecule has 4 heteroatoms. The number of pyridine rings is 1. The number of thiophene rings is 1. The van der Waals surface area contributed by atoms with Crippen LogP contribution in [0.1, 0.15) is 37.1 Å². The van der Waals surface area contributed by atoms with E-state index in [1.54, 1.807) is 0 Å². The summed E-state index contributed by atoms with van der Waals surface area (Å²) >= 11 is 1.82. The van der Waals surface area contributed by atoms with Crippen molar-refractivity contribution in [2.24, 2.45) is 5.41 Å². The van der Waals surface area contributed by atoms with E-state index in [1.807, 2.05) is 29.8 Å². The van der Waals surface area contributed by atoms with Crippen LogP contribution in [0.15, 0.2) is 42.0 Å². The Labute approximate surface area is 143 Å². The van der Waals surface area contributed by atoms with E-state index in [0.29, 0.717) is 0 Å². The van der Waals surface area contributed by atoms with E-state index in [1.165, 1.54) is 10.4 Å². The molecule has 0 spiro atoms. The highest BCUT2D eigenvalue weighted by atomic mass is 32.1. The number of aromatic nitrogens is 1. The number of nitrogens with zero attached hydrogens (tertiary/aromatic N) is 2. The first-order chi connectivity index (χ1) is 11.1. The maximum absolute atomic E-state index is 10.1. The van der Waals surface area contributed by atoms with Crippen LogP contribution in [0.2, 0.25) is 0 Å². The highest BCUT2D eigenvalue weighted by Crippen LogP contribution is 2.41. The molecule has 0 aliphatic carbocycles. The number of rotatable bonds is 6. The maximum atomic E-state index is 10.1. The molecule has 0 bridgehead atoms. The molecule has 0 radical (unpaired) electrons. The minimum Gasteiger partial charge on any atom is -0.396 e. The third-order valence-corrected chi connectivity index (χ3v) is 6.35. The van der Waals surface area contributed by atoms with Crippen LogP contribution in [-0.4, -0.2) is 34.7 Å². The molecule has 0 amide bonds. The van der Waals surface area contributed by atoms with E-state index in [4.69, 9.17) is 0 Å². The molecular weight excluding hydrogens is 304 g/mol. The van der Waals surface area contributed by atoms with Gasteiger partial charge < -0.3 is 5.11 Å². The fourth-order valence-corrected chi connectivity index (χ4v) is 4.28. The number of aliphatic hydroxyl groups excluding tert-OH is 1. The molecule has 1 aliphatic heterocycles. The van der Waals surface area contributed by atoms with Gasteiger partial charge in [0.1, 0.15) is 0 Å². The molecule has 3 nitrogen and oxygen atoms in total. The maximum Gasteiger partial charge on any atom is 0.0500 e. The Morgan fingerprint density at radius 2 is 2.22 bits per heavy atom. The summed E-state index contributed by atoms with van der Waals surface area (Å²) < 4.78 is 0. The highest BCUT2D eigenvalue weighted by molar-refractivity contribution is 7.09. The molecular formula is C19H26N2OS. The third-order valence-electron chi connectivity index (χ3n) is 5.41. The third kappa shape index (κ3) is 3.49. The van der Waals surface area contributed by atoms with Crippen LogP contribution in [0.3, 0.4) is 0 Å². The van der Waals surface area contributed by atoms with Gasteiger partial charge in [-0.15, -0.1) is 11.3 Å². The number of aliphatic hydroxyl groups is 1. The van der Waals surface area contributed by atoms with Crippen molar-refractivity contribution in [3.05, 3.63) is 52.5 Å². The predicted octanol–water partition coefficient (Wildman–Crippen LogP) is 3.70. The fourth-order valence-electron chi connectivity index (χ4n) is 3.57. The molecule has 0 aromatic carbocycles. The largest absolute Gasteiger partial charge is 0.396 e. The smallest absolute Gasteiger partial charge is 0.0500 e. The SMILES string of the molecule is CC(C)(c1cccnc1)N1CC[C@@](CO)(CCc2cccs2)C1. The van der Waals surface area contributed by atoms with Crippen molar-refractivity contribution in [1.29, 1.82) is 0 Å². The quantitative estimate of drug-likeness (QED) is 0.877. The minimum absolute atomic E-state index is 0.0312. The normalized spacial score (nSPS) is 22.6. The van der Waals surface area contributed by atoms with E-state index in [-0.39, 0.29) is 17.6 Å². The van der Waals surface area contributed by atoms with Gasteiger partial charge in [-0.3, -0.25) is 9.88 Å². The molecule has 124 valence electrons. The number of hydrogen-bond acceptors (Lipinski definition) is 4. The molecule has 2 aromatic heterocycles. The molecule has 1 fully saturated rings. The van der Waals surface area contributed by atoms with E-state index in [0.717, 1.165) is 32.4 Å². The molecule has 3 rings (SSSR count). The zero-order chi connectivity index (χ0) is 16.3. The summed E-state index contributed by atoms with van der Waals surface area (Å²) in [4.78, 5) is 8.20. The Hall–Kier alpha value is -1.23. The van der Waals surface area contributed by atoms with Gasteiger partial charge in [0.2, 0.25) is 0 Å². The summed E-state index contributed by atoms with van der Waals surface area (Å²) in [6, 6.07) is 8.46. The molecule has 1 saturated heterocycles. The average molecular weight is 330 g/mol. The van der Waals surface area contributed by atoms with Crippen LogP contribution in [-0.2, 0) is 12.0 Å². The molecule has 1 atom stereocenters. The van der Waals surface area contributed by atoms with Gasteiger partial charge in [-0.2, -0.15) is 0 Å². The van der Waals surface area contributed by atoms with Crippen molar-refractivity contribution in [2.75, 3.05) is 19.7 Å². The van der Waals surface area contributed by atoms with Gasteiger partial charge in [0.05, 0.1) is 0 Å². The van der Waals surface area contributed by atoms with Crippen LogP contribution in [0.25, 0.3) is 0 Å². The summed E-state index contributed by atoms with van der Waals surface area (Å²) in [5.41, 5.74) is 1.23. The van der Waals surface area contributed by atoms with Gasteiger partial charge in [0.15, 0.2) is 0 Å². The molecule has 3 heterocycles. The molecule has 1 N–H and O–H groups in total. The monoisotopic (exact) mass is 330 g/mol. The first kappa shape index (κ1) is 16.6. The summed E-state index contributed by atoms with van der Waals surface area (Å²) in [7, 11) is 0. The lowest BCUT2D eigenvalue weighted by Gasteiger charge is -2.37. The average Bonchev–Trinajstić information content (AvgIpc) is 3.24. The van der Waals surface area contributed by atoms with Crippen LogP contribution in [0, 0.1) is 5.41 Å². The Kier molecular flexibility index (Phi) is 4.85. The fraction of sp³-hybridized carbons (Fsp3) is 0.526. The van der Waals surface area contributed by atoms with E-state index < -0.39 is 0 Å². The first-order valence-electron chi connectivity index (χ1n) is 8.35. The van der Waals surface area contributed by atoms with E-state index >= 15 is 0 Å². The highest BCUT2D eigenvalue weighted by Gasteiger charge is 2.43. The van der Waals surface area contributed by atoms with Crippen molar-refractivity contribution in [3.63, 3.8) is 0 Å². The predicted molar refractivity (Wildman–Crippen MR) is 95.6 cm³/mol. The number of likely N-dealkylation sites (tertiary alicyclic amines) is 1. The van der Waals surface area contributed by atoms with Crippen molar-refractivity contribution in [2.45, 2.75) is 38.6 Å². The summed E-state index contributed by atoms with van der Waals surface area (Å²) in [5.74, 6) is 0. The summed E-state index contributed by atoms with van der Waals surface area (Å²) in [6.45, 7) is 6.79. The summed E-state index contributed by atoms with van der Waals surface area (Å²) in [6.07, 6.45) is 6.98. The van der Waals surface area contributed by atoms with Crippen molar-refractivity contribution >= 4 is 11.3 Å². The van der Waals surface area contributed by atoms with Crippen molar-refractivity contribution < 1.29 is 5.11 Å². The van der Waals surface area contributed by atoms with Crippen LogP contribution < -0.4 is 0 Å². The molecule has 23 heavy (non-hydrogen) atoms. The zero-order valence-electron chi connectivity index (χ0n) is 14.0. The Morgan fingerprint density at radius 3 is 2.87 bits per heavy atom. The van der Waals surface area contributed by atoms with Crippen LogP contribution in [0.5, 0.6) is 0 Å². The topological polar surface area (TPSA) is 36.4 Å². The van der Waals surface area contributed by atoms with Gasteiger partial charge >= 0.3 is 0 Å². The minimum atomic E-state index is -0.0475. The Balaban J connectivity index is 1.70. The second-order valence-electron chi connectivity index (χ2n) is 7.21. The molecule has 0 saturated carbocycles.